The van der Waals surface area contributed by atoms with E-state index in [4.69, 9.17) is 20.4 Å². The molecule has 0 aromatic heterocycles. The summed E-state index contributed by atoms with van der Waals surface area (Å²) in [6, 6.07) is 0. The van der Waals surface area contributed by atoms with Crippen molar-refractivity contribution >= 4 is 66.2 Å². The fourth-order valence-electron chi connectivity index (χ4n) is 8.18. The molecule has 0 amide bonds. The molecule has 0 fully saturated rings. The van der Waals surface area contributed by atoms with Crippen LogP contribution in [0.2, 0.25) is 17.7 Å². The van der Waals surface area contributed by atoms with Gasteiger partial charge in [0.15, 0.2) is 0 Å². The molecular weight excluding hydrogens is 1150 g/mol. The third kappa shape index (κ3) is 82.4. The van der Waals surface area contributed by atoms with Gasteiger partial charge in [0.25, 0.3) is 0 Å². The van der Waals surface area contributed by atoms with Gasteiger partial charge in [-0.2, -0.15) is 0 Å². The van der Waals surface area contributed by atoms with E-state index in [0.717, 1.165) is 103 Å². The number of hydrogen-bond acceptors (Lipinski definition) is 4. The zero-order valence-electron chi connectivity index (χ0n) is 52.3. The molecule has 0 aromatic rings. The second-order valence-corrected chi connectivity index (χ2v) is 29.5. The van der Waals surface area contributed by atoms with Gasteiger partial charge in [-0.05, 0) is 51.4 Å². The van der Waals surface area contributed by atoms with Crippen molar-refractivity contribution in [1.29, 1.82) is 0 Å². The van der Waals surface area contributed by atoms with Crippen LogP contribution in [-0.2, 0) is 19.2 Å². The maximum Gasteiger partial charge on any atom is -0.412 e. The van der Waals surface area contributed by atoms with E-state index in [1.807, 2.05) is 27.7 Å². The van der Waals surface area contributed by atoms with Gasteiger partial charge in [-0.1, -0.05) is 107 Å². The number of carboxylic acid groups (broad SMARTS) is 4. The molecule has 0 aliphatic carbocycles. The molecule has 11 heteroatoms. The molecule has 6 N–H and O–H groups in total. The Morgan fingerprint density at radius 3 is 0.533 bits per heavy atom. The molecule has 452 valence electrons. The average Bonchev–Trinajstić information content (AvgIpc) is 3.38. The minimum atomic E-state index is -0.643. The topological polar surface area (TPSA) is 181 Å². The monoisotopic (exact) mass is 1290 g/mol. The predicted octanol–water partition coefficient (Wildman–Crippen LogP) is 20.8. The summed E-state index contributed by atoms with van der Waals surface area (Å²) in [4.78, 5) is 41.7. The van der Waals surface area contributed by atoms with Crippen LogP contribution in [0.1, 0.15) is 340 Å². The minimum absolute atomic E-state index is 0. The molecule has 0 spiro atoms. The fourth-order valence-corrected chi connectivity index (χ4v) is 15.3. The van der Waals surface area contributed by atoms with Crippen molar-refractivity contribution in [3.05, 3.63) is 0 Å². The Balaban J connectivity index is -0.000000150. The van der Waals surface area contributed by atoms with E-state index >= 15 is 0 Å². The summed E-state index contributed by atoms with van der Waals surface area (Å²) >= 11 is 0.147. The molecule has 4 radical (unpaired) electrons. The molecule has 4 unspecified atom stereocenters. The maximum atomic E-state index is 10.4. The Morgan fingerprint density at radius 2 is 0.400 bits per heavy atom. The van der Waals surface area contributed by atoms with Crippen molar-refractivity contribution in [2.75, 3.05) is 0 Å². The summed E-state index contributed by atoms with van der Waals surface area (Å²) in [5.41, 5.74) is 0. The van der Waals surface area contributed by atoms with Gasteiger partial charge in [0.2, 0.25) is 0 Å². The van der Waals surface area contributed by atoms with E-state index < -0.39 is 23.9 Å². The Kier molecular flexibility index (Phi) is 94.1. The Morgan fingerprint density at radius 1 is 0.253 bits per heavy atom. The second kappa shape index (κ2) is 79.9. The number of aliphatic carboxylic acids is 4. The number of unbranched alkanes of at least 4 members (excludes halogenated alkanes) is 24. The summed E-state index contributed by atoms with van der Waals surface area (Å²) in [6.07, 6.45) is 50.5. The van der Waals surface area contributed by atoms with Crippen LogP contribution in [0, 0.1) is 23.7 Å². The first kappa shape index (κ1) is 88.3. The average molecular weight is 1290 g/mol. The molecule has 0 saturated heterocycles. The molecule has 0 aliphatic rings. The van der Waals surface area contributed by atoms with Gasteiger partial charge < -0.3 is 25.9 Å². The molecule has 0 saturated carbocycles. The number of hydrogen-bond donors (Lipinski definition) is 4. The van der Waals surface area contributed by atoms with Crippen molar-refractivity contribution in [3.63, 3.8) is 0 Å². The van der Waals surface area contributed by atoms with Crippen molar-refractivity contribution in [2.45, 2.75) is 358 Å². The minimum Gasteiger partial charge on any atom is -0.412 e. The summed E-state index contributed by atoms with van der Waals surface area (Å²) in [7, 11) is 0. The van der Waals surface area contributed by atoms with Crippen molar-refractivity contribution < 1.29 is 45.1 Å². The van der Waals surface area contributed by atoms with Gasteiger partial charge in [0, 0.05) is 0 Å². The molecule has 0 aromatic carbocycles. The SMILES string of the molecule is CCCCC(CC)C(=O)O.CCCCC(CC)C(=O)O.CCCCC(CC)C(=O)O.CCCCC(CC)C(=O)O.CCCCCCC[CH2][Sn][CH2]CCCCCCC.CCCCCCC[CH2][Sn][CH2]CCCCCCC.O. The van der Waals surface area contributed by atoms with Crippen LogP contribution in [0.5, 0.6) is 0 Å². The van der Waals surface area contributed by atoms with E-state index in [1.54, 1.807) is 43.4 Å². The normalized spacial score (nSPS) is 11.9. The van der Waals surface area contributed by atoms with Gasteiger partial charge in [-0.25, -0.2) is 0 Å². The molecular formula is C64H134O9Sn2. The van der Waals surface area contributed by atoms with Crippen LogP contribution in [0.25, 0.3) is 0 Å². The standard InChI is InChI=1S/4C8H16O2.4C8H17.H2O.2Sn/c4*1-3-5-6-7(4-2)8(9)10;4*1-3-5-7-8-6-4-2;;;/h4*7H,3-6H2,1-2H3,(H,9,10);4*1,3-8H2,2H3;1H2;;. The van der Waals surface area contributed by atoms with Crippen LogP contribution < -0.4 is 0 Å². The second-order valence-electron chi connectivity index (χ2n) is 20.9. The summed E-state index contributed by atoms with van der Waals surface area (Å²) in [5, 5.41) is 34.4. The van der Waals surface area contributed by atoms with E-state index in [-0.39, 0.29) is 71.4 Å². The van der Waals surface area contributed by atoms with E-state index in [0.29, 0.717) is 0 Å². The summed E-state index contributed by atoms with van der Waals surface area (Å²) in [6.45, 7) is 25.2. The zero-order chi connectivity index (χ0) is 57.1. The zero-order valence-corrected chi connectivity index (χ0v) is 58.1. The van der Waals surface area contributed by atoms with Crippen molar-refractivity contribution in [1.82, 2.24) is 0 Å². The van der Waals surface area contributed by atoms with Crippen LogP contribution in [0.3, 0.4) is 0 Å². The van der Waals surface area contributed by atoms with Crippen molar-refractivity contribution in [3.8, 4) is 0 Å². The first-order valence-electron chi connectivity index (χ1n) is 32.0. The fraction of sp³-hybridized carbons (Fsp3) is 0.938. The molecule has 9 nitrogen and oxygen atoms in total. The van der Waals surface area contributed by atoms with Gasteiger partial charge in [0.1, 0.15) is 0 Å². The van der Waals surface area contributed by atoms with Crippen LogP contribution in [-0.4, -0.2) is 92.1 Å². The van der Waals surface area contributed by atoms with Gasteiger partial charge in [-0.3, -0.25) is 19.2 Å². The molecule has 75 heavy (non-hydrogen) atoms. The van der Waals surface area contributed by atoms with Crippen molar-refractivity contribution in [2.24, 2.45) is 23.7 Å². The molecule has 0 aliphatic heterocycles. The van der Waals surface area contributed by atoms with Gasteiger partial charge >= 0.3 is 266 Å². The van der Waals surface area contributed by atoms with E-state index in [2.05, 4.69) is 55.4 Å². The smallest absolute Gasteiger partial charge is 0.412 e. The van der Waals surface area contributed by atoms with Crippen LogP contribution >= 0.6 is 0 Å². The molecule has 4 atom stereocenters. The number of carbonyl (C=O) groups is 4. The van der Waals surface area contributed by atoms with E-state index in [1.165, 1.54) is 128 Å². The molecule has 0 bridgehead atoms. The number of rotatable bonds is 48. The van der Waals surface area contributed by atoms with Gasteiger partial charge in [0.05, 0.1) is 23.7 Å². The first-order chi connectivity index (χ1) is 35.7. The Labute approximate surface area is 489 Å². The van der Waals surface area contributed by atoms with Crippen LogP contribution in [0.15, 0.2) is 0 Å². The predicted molar refractivity (Wildman–Crippen MR) is 332 cm³/mol. The third-order valence-electron chi connectivity index (χ3n) is 13.8. The Bertz CT molecular complexity index is 917. The third-order valence-corrected chi connectivity index (χ3v) is 21.9. The maximum absolute atomic E-state index is 10.4. The number of carboxylic acids is 4. The summed E-state index contributed by atoms with van der Waals surface area (Å²) in [5.74, 6) is -3.02. The quantitative estimate of drug-likeness (QED) is 0.0343. The van der Waals surface area contributed by atoms with Crippen LogP contribution in [0.4, 0.5) is 0 Å². The molecule has 0 rings (SSSR count). The van der Waals surface area contributed by atoms with Gasteiger partial charge in [-0.15, -0.1) is 0 Å². The largest absolute Gasteiger partial charge is 0.412 e. The molecule has 0 heterocycles. The van der Waals surface area contributed by atoms with E-state index in [9.17, 15) is 19.2 Å². The first-order valence-corrected chi connectivity index (χ1v) is 40.1. The summed E-state index contributed by atoms with van der Waals surface area (Å²) < 4.78 is 6.63. The Hall–Kier alpha value is -0.563.